The number of tetrazole rings is 1. The number of carbonyl (C=O) groups is 2. The molecule has 0 aliphatic carbocycles. The Morgan fingerprint density at radius 2 is 1.81 bits per heavy atom. The topological polar surface area (TPSA) is 93.0 Å². The van der Waals surface area contributed by atoms with Crippen molar-refractivity contribution in [3.63, 3.8) is 0 Å². The molecule has 0 unspecified atom stereocenters. The average molecular weight is 370 g/mol. The Bertz CT molecular complexity index is 852. The zero-order chi connectivity index (χ0) is 19.8. The average Bonchev–Trinajstić information content (AvgIpc) is 3.13. The molecule has 0 spiro atoms. The highest BCUT2D eigenvalue weighted by atomic mass is 16.2. The highest BCUT2D eigenvalue weighted by Gasteiger charge is 2.49. The van der Waals surface area contributed by atoms with Crippen LogP contribution in [-0.2, 0) is 28.8 Å². The van der Waals surface area contributed by atoms with Crippen LogP contribution in [0.2, 0.25) is 0 Å². The SMILES string of the molecule is CCCn1nnnc1CN1C(=O)N[C@](C)(c2ccc(C(C)(C)C)cc2)C1=O. The number of rotatable bonds is 5. The maximum absolute atomic E-state index is 13.1. The second-order valence-electron chi connectivity index (χ2n) is 8.09. The summed E-state index contributed by atoms with van der Waals surface area (Å²) in [6.45, 7) is 10.8. The summed E-state index contributed by atoms with van der Waals surface area (Å²) in [4.78, 5) is 26.8. The van der Waals surface area contributed by atoms with Gasteiger partial charge in [-0.3, -0.25) is 9.69 Å². The molecule has 2 aromatic rings. The Balaban J connectivity index is 1.85. The number of nitrogens with zero attached hydrogens (tertiary/aromatic N) is 5. The monoisotopic (exact) mass is 370 g/mol. The van der Waals surface area contributed by atoms with Gasteiger partial charge in [0.15, 0.2) is 5.82 Å². The number of imide groups is 1. The lowest BCUT2D eigenvalue weighted by Crippen LogP contribution is -2.41. The Morgan fingerprint density at radius 3 is 2.41 bits per heavy atom. The number of urea groups is 1. The van der Waals surface area contributed by atoms with Crippen LogP contribution in [0, 0.1) is 0 Å². The molecule has 1 atom stereocenters. The molecule has 3 amide bonds. The molecule has 0 saturated carbocycles. The number of hydrogen-bond donors (Lipinski definition) is 1. The van der Waals surface area contributed by atoms with Gasteiger partial charge < -0.3 is 5.32 Å². The summed E-state index contributed by atoms with van der Waals surface area (Å²) in [5.41, 5.74) is 0.841. The zero-order valence-corrected chi connectivity index (χ0v) is 16.5. The summed E-state index contributed by atoms with van der Waals surface area (Å²) in [5.74, 6) is 0.190. The summed E-state index contributed by atoms with van der Waals surface area (Å²) in [5, 5.41) is 14.3. The lowest BCUT2D eigenvalue weighted by atomic mass is 9.84. The predicted octanol–water partition coefficient (Wildman–Crippen LogP) is 2.35. The Kier molecular flexibility index (Phi) is 4.75. The van der Waals surface area contributed by atoms with Crippen LogP contribution in [0.3, 0.4) is 0 Å². The molecule has 1 aliphatic heterocycles. The van der Waals surface area contributed by atoms with Gasteiger partial charge in [0, 0.05) is 6.54 Å². The number of aryl methyl sites for hydroxylation is 1. The zero-order valence-electron chi connectivity index (χ0n) is 16.5. The van der Waals surface area contributed by atoms with Crippen LogP contribution in [0.5, 0.6) is 0 Å². The second kappa shape index (κ2) is 6.75. The van der Waals surface area contributed by atoms with E-state index in [-0.39, 0.29) is 17.9 Å². The van der Waals surface area contributed by atoms with E-state index in [4.69, 9.17) is 0 Å². The van der Waals surface area contributed by atoms with Crippen LogP contribution in [0.15, 0.2) is 24.3 Å². The molecule has 1 aromatic heterocycles. The first-order valence-electron chi connectivity index (χ1n) is 9.17. The van der Waals surface area contributed by atoms with Gasteiger partial charge in [0.1, 0.15) is 5.54 Å². The molecule has 0 bridgehead atoms. The second-order valence-corrected chi connectivity index (χ2v) is 8.09. The molecule has 8 nitrogen and oxygen atoms in total. The first-order valence-corrected chi connectivity index (χ1v) is 9.17. The molecule has 1 N–H and O–H groups in total. The lowest BCUT2D eigenvalue weighted by Gasteiger charge is -2.24. The van der Waals surface area contributed by atoms with Gasteiger partial charge in [0.25, 0.3) is 5.91 Å². The molecule has 1 saturated heterocycles. The van der Waals surface area contributed by atoms with Gasteiger partial charge in [-0.25, -0.2) is 9.48 Å². The number of hydrogen-bond acceptors (Lipinski definition) is 5. The summed E-state index contributed by atoms with van der Waals surface area (Å²) < 4.78 is 1.62. The highest BCUT2D eigenvalue weighted by molar-refractivity contribution is 6.07. The molecule has 1 aliphatic rings. The number of benzene rings is 1. The van der Waals surface area contributed by atoms with Gasteiger partial charge in [0.2, 0.25) is 0 Å². The van der Waals surface area contributed by atoms with E-state index in [0.717, 1.165) is 12.0 Å². The Labute approximate surface area is 158 Å². The minimum Gasteiger partial charge on any atom is -0.319 e. The molecule has 2 heterocycles. The van der Waals surface area contributed by atoms with Crippen molar-refractivity contribution in [1.29, 1.82) is 0 Å². The maximum atomic E-state index is 13.1. The van der Waals surface area contributed by atoms with Gasteiger partial charge in [-0.1, -0.05) is 52.0 Å². The number of aromatic nitrogens is 4. The third-order valence-corrected chi connectivity index (χ3v) is 4.94. The van der Waals surface area contributed by atoms with E-state index in [0.29, 0.717) is 12.4 Å². The fourth-order valence-electron chi connectivity index (χ4n) is 3.20. The van der Waals surface area contributed by atoms with Crippen LogP contribution < -0.4 is 5.32 Å². The predicted molar refractivity (Wildman–Crippen MR) is 99.7 cm³/mol. The maximum Gasteiger partial charge on any atom is 0.325 e. The van der Waals surface area contributed by atoms with Gasteiger partial charge >= 0.3 is 6.03 Å². The molecule has 8 heteroatoms. The first kappa shape index (κ1) is 19.0. The third-order valence-electron chi connectivity index (χ3n) is 4.94. The smallest absolute Gasteiger partial charge is 0.319 e. The van der Waals surface area contributed by atoms with Crippen molar-refractivity contribution in [3.05, 3.63) is 41.2 Å². The minimum absolute atomic E-state index is 0.0186. The molecule has 27 heavy (non-hydrogen) atoms. The molecule has 0 radical (unpaired) electrons. The van der Waals surface area contributed by atoms with Crippen molar-refractivity contribution >= 4 is 11.9 Å². The largest absolute Gasteiger partial charge is 0.325 e. The van der Waals surface area contributed by atoms with Gasteiger partial charge in [-0.15, -0.1) is 5.10 Å². The van der Waals surface area contributed by atoms with Crippen molar-refractivity contribution in [2.45, 2.75) is 65.1 Å². The minimum atomic E-state index is -1.10. The Hall–Kier alpha value is -2.77. The quantitative estimate of drug-likeness (QED) is 0.816. The molecule has 3 rings (SSSR count). The normalized spacial score (nSPS) is 20.3. The van der Waals surface area contributed by atoms with Gasteiger partial charge in [-0.05, 0) is 40.3 Å². The van der Waals surface area contributed by atoms with E-state index in [1.807, 2.05) is 31.2 Å². The van der Waals surface area contributed by atoms with Crippen LogP contribution >= 0.6 is 0 Å². The molecule has 1 fully saturated rings. The van der Waals surface area contributed by atoms with Crippen molar-refractivity contribution in [3.8, 4) is 0 Å². The van der Waals surface area contributed by atoms with Crippen molar-refractivity contribution in [2.75, 3.05) is 0 Å². The standard InChI is InChI=1S/C19H26N6O2/c1-6-11-25-15(21-22-23-25)12-24-16(26)19(5,20-17(24)27)14-9-7-13(8-10-14)18(2,3)4/h7-10H,6,11-12H2,1-5H3,(H,20,27)/t19-/m1/s1. The van der Waals surface area contributed by atoms with Crippen molar-refractivity contribution < 1.29 is 9.59 Å². The van der Waals surface area contributed by atoms with E-state index in [9.17, 15) is 9.59 Å². The van der Waals surface area contributed by atoms with Gasteiger partial charge in [0.05, 0.1) is 6.54 Å². The number of amides is 3. The molecular weight excluding hydrogens is 344 g/mol. The third kappa shape index (κ3) is 3.43. The summed E-state index contributed by atoms with van der Waals surface area (Å²) in [7, 11) is 0. The van der Waals surface area contributed by atoms with Crippen molar-refractivity contribution in [2.24, 2.45) is 0 Å². The molecule has 1 aromatic carbocycles. The van der Waals surface area contributed by atoms with E-state index >= 15 is 0 Å². The number of nitrogens with one attached hydrogen (secondary N) is 1. The first-order chi connectivity index (χ1) is 12.7. The fourth-order valence-corrected chi connectivity index (χ4v) is 3.20. The van der Waals surface area contributed by atoms with Crippen LogP contribution in [0.4, 0.5) is 4.79 Å². The Morgan fingerprint density at radius 1 is 1.15 bits per heavy atom. The van der Waals surface area contributed by atoms with Crippen molar-refractivity contribution in [1.82, 2.24) is 30.4 Å². The number of carbonyl (C=O) groups excluding carboxylic acids is 2. The van der Waals surface area contributed by atoms with Crippen LogP contribution in [0.1, 0.15) is 58.0 Å². The summed E-state index contributed by atoms with van der Waals surface area (Å²) >= 11 is 0. The van der Waals surface area contributed by atoms with E-state index in [2.05, 4.69) is 41.6 Å². The van der Waals surface area contributed by atoms with E-state index in [1.54, 1.807) is 11.6 Å². The molecule has 144 valence electrons. The molecular formula is C19H26N6O2. The fraction of sp³-hybridized carbons (Fsp3) is 0.526. The van der Waals surface area contributed by atoms with E-state index in [1.165, 1.54) is 10.5 Å². The van der Waals surface area contributed by atoms with E-state index < -0.39 is 11.6 Å². The van der Waals surface area contributed by atoms with Crippen LogP contribution in [0.25, 0.3) is 0 Å². The lowest BCUT2D eigenvalue weighted by molar-refractivity contribution is -0.131. The van der Waals surface area contributed by atoms with Gasteiger partial charge in [-0.2, -0.15) is 0 Å². The summed E-state index contributed by atoms with van der Waals surface area (Å²) in [6.07, 6.45) is 0.857. The summed E-state index contributed by atoms with van der Waals surface area (Å²) in [6, 6.07) is 7.38. The highest BCUT2D eigenvalue weighted by Crippen LogP contribution is 2.31. The van der Waals surface area contributed by atoms with Crippen LogP contribution in [-0.4, -0.2) is 37.0 Å².